The van der Waals surface area contributed by atoms with Crippen molar-refractivity contribution in [2.75, 3.05) is 12.3 Å². The number of H-pyrrole nitrogens is 2. The summed E-state index contributed by atoms with van der Waals surface area (Å²) >= 11 is 1.50. The van der Waals surface area contributed by atoms with Crippen molar-refractivity contribution in [2.24, 2.45) is 0 Å². The minimum atomic E-state index is -0.148. The van der Waals surface area contributed by atoms with E-state index in [4.69, 9.17) is 0 Å². The second-order valence-corrected chi connectivity index (χ2v) is 5.40. The third-order valence-electron chi connectivity index (χ3n) is 2.87. The molecule has 0 radical (unpaired) electrons. The number of nitrogens with one attached hydrogen (secondary N) is 3. The molecule has 0 saturated carbocycles. The Labute approximate surface area is 121 Å². The average Bonchev–Trinajstić information content (AvgIpc) is 3.00. The Morgan fingerprint density at radius 3 is 2.70 bits per heavy atom. The number of aromatic nitrogens is 5. The van der Waals surface area contributed by atoms with Crippen LogP contribution in [-0.4, -0.2) is 43.6 Å². The van der Waals surface area contributed by atoms with Crippen molar-refractivity contribution in [3.8, 4) is 0 Å². The molecule has 1 amide bonds. The second-order valence-electron chi connectivity index (χ2n) is 4.34. The third kappa shape index (κ3) is 3.38. The SMILES string of the molecule is CCc1[nH]nc(C(=O)NCCSc2n[nH]c(C)n2)c1C. The van der Waals surface area contributed by atoms with Gasteiger partial charge >= 0.3 is 0 Å². The molecule has 2 heterocycles. The minimum absolute atomic E-state index is 0.148. The predicted octanol–water partition coefficient (Wildman–Crippen LogP) is 1.23. The van der Waals surface area contributed by atoms with Gasteiger partial charge in [-0.3, -0.25) is 15.0 Å². The summed E-state index contributed by atoms with van der Waals surface area (Å²) in [5.74, 6) is 1.36. The number of rotatable bonds is 6. The van der Waals surface area contributed by atoms with Crippen molar-refractivity contribution < 1.29 is 4.79 Å². The molecule has 2 aromatic heterocycles. The van der Waals surface area contributed by atoms with Crippen molar-refractivity contribution in [3.63, 3.8) is 0 Å². The van der Waals surface area contributed by atoms with Gasteiger partial charge in [-0.05, 0) is 20.3 Å². The zero-order chi connectivity index (χ0) is 14.5. The molecule has 0 atom stereocenters. The van der Waals surface area contributed by atoms with E-state index in [0.717, 1.165) is 23.5 Å². The molecular weight excluding hydrogens is 276 g/mol. The molecule has 0 fully saturated rings. The van der Waals surface area contributed by atoms with Crippen molar-refractivity contribution in [3.05, 3.63) is 22.8 Å². The Balaban J connectivity index is 1.79. The van der Waals surface area contributed by atoms with Gasteiger partial charge < -0.3 is 5.32 Å². The van der Waals surface area contributed by atoms with Crippen LogP contribution in [0.15, 0.2) is 5.16 Å². The smallest absolute Gasteiger partial charge is 0.272 e. The van der Waals surface area contributed by atoms with Gasteiger partial charge in [0.2, 0.25) is 5.16 Å². The molecule has 2 aromatic rings. The van der Waals surface area contributed by atoms with Gasteiger partial charge in [-0.1, -0.05) is 18.7 Å². The average molecular weight is 294 g/mol. The quantitative estimate of drug-likeness (QED) is 0.549. The van der Waals surface area contributed by atoms with Crippen molar-refractivity contribution in [1.82, 2.24) is 30.7 Å². The molecule has 2 rings (SSSR count). The molecule has 108 valence electrons. The van der Waals surface area contributed by atoms with Crippen LogP contribution in [0.4, 0.5) is 0 Å². The maximum absolute atomic E-state index is 12.0. The zero-order valence-electron chi connectivity index (χ0n) is 11.8. The van der Waals surface area contributed by atoms with E-state index in [9.17, 15) is 4.79 Å². The number of aryl methyl sites for hydroxylation is 2. The van der Waals surface area contributed by atoms with E-state index in [1.165, 1.54) is 11.8 Å². The number of carbonyl (C=O) groups excluding carboxylic acids is 1. The van der Waals surface area contributed by atoms with Crippen LogP contribution in [0.1, 0.15) is 34.5 Å². The van der Waals surface area contributed by atoms with Crippen LogP contribution in [-0.2, 0) is 6.42 Å². The molecule has 0 saturated heterocycles. The van der Waals surface area contributed by atoms with Crippen LogP contribution in [0.25, 0.3) is 0 Å². The Morgan fingerprint density at radius 1 is 1.30 bits per heavy atom. The molecule has 0 aliphatic carbocycles. The van der Waals surface area contributed by atoms with Gasteiger partial charge in [0.05, 0.1) is 0 Å². The Hall–Kier alpha value is -1.83. The molecule has 0 bridgehead atoms. The highest BCUT2D eigenvalue weighted by molar-refractivity contribution is 7.99. The lowest BCUT2D eigenvalue weighted by atomic mass is 10.1. The topological polar surface area (TPSA) is 99.4 Å². The first-order valence-electron chi connectivity index (χ1n) is 6.45. The van der Waals surface area contributed by atoms with Crippen LogP contribution in [0.3, 0.4) is 0 Å². The fourth-order valence-corrected chi connectivity index (χ4v) is 2.48. The van der Waals surface area contributed by atoms with Gasteiger partial charge in [-0.15, -0.1) is 5.10 Å². The van der Waals surface area contributed by atoms with Crippen molar-refractivity contribution >= 4 is 17.7 Å². The number of hydrogen-bond acceptors (Lipinski definition) is 5. The molecule has 3 N–H and O–H groups in total. The highest BCUT2D eigenvalue weighted by Crippen LogP contribution is 2.12. The number of aromatic amines is 2. The maximum atomic E-state index is 12.0. The molecule has 7 nitrogen and oxygen atoms in total. The van der Waals surface area contributed by atoms with E-state index in [0.29, 0.717) is 23.1 Å². The summed E-state index contributed by atoms with van der Waals surface area (Å²) in [5.41, 5.74) is 2.39. The summed E-state index contributed by atoms with van der Waals surface area (Å²) in [5, 5.41) is 17.3. The van der Waals surface area contributed by atoms with Crippen LogP contribution in [0.2, 0.25) is 0 Å². The summed E-state index contributed by atoms with van der Waals surface area (Å²) in [7, 11) is 0. The highest BCUT2D eigenvalue weighted by atomic mass is 32.2. The zero-order valence-corrected chi connectivity index (χ0v) is 12.6. The lowest BCUT2D eigenvalue weighted by molar-refractivity contribution is 0.0950. The Kier molecular flexibility index (Phi) is 4.78. The third-order valence-corrected chi connectivity index (χ3v) is 3.72. The lowest BCUT2D eigenvalue weighted by Crippen LogP contribution is -2.26. The van der Waals surface area contributed by atoms with E-state index < -0.39 is 0 Å². The van der Waals surface area contributed by atoms with Crippen LogP contribution in [0, 0.1) is 13.8 Å². The van der Waals surface area contributed by atoms with E-state index in [2.05, 4.69) is 30.7 Å². The first kappa shape index (κ1) is 14.6. The summed E-state index contributed by atoms with van der Waals surface area (Å²) in [6, 6.07) is 0. The van der Waals surface area contributed by atoms with Crippen molar-refractivity contribution in [2.45, 2.75) is 32.3 Å². The second kappa shape index (κ2) is 6.56. The van der Waals surface area contributed by atoms with Gasteiger partial charge in [-0.2, -0.15) is 5.10 Å². The summed E-state index contributed by atoms with van der Waals surface area (Å²) in [6.45, 7) is 6.33. The molecule has 0 aliphatic rings. The Bertz CT molecular complexity index is 591. The normalized spacial score (nSPS) is 10.8. The number of hydrogen-bond donors (Lipinski definition) is 3. The van der Waals surface area contributed by atoms with Crippen molar-refractivity contribution in [1.29, 1.82) is 0 Å². The number of amides is 1. The number of nitrogens with zero attached hydrogens (tertiary/aromatic N) is 3. The van der Waals surface area contributed by atoms with E-state index in [1.807, 2.05) is 20.8 Å². The largest absolute Gasteiger partial charge is 0.350 e. The van der Waals surface area contributed by atoms with E-state index >= 15 is 0 Å². The highest BCUT2D eigenvalue weighted by Gasteiger charge is 2.14. The molecule has 0 aromatic carbocycles. The van der Waals surface area contributed by atoms with Gasteiger partial charge in [0.1, 0.15) is 5.82 Å². The minimum Gasteiger partial charge on any atom is -0.350 e. The summed E-state index contributed by atoms with van der Waals surface area (Å²) in [6.07, 6.45) is 0.839. The van der Waals surface area contributed by atoms with Gasteiger partial charge in [0.15, 0.2) is 5.69 Å². The molecule has 0 spiro atoms. The Morgan fingerprint density at radius 2 is 2.10 bits per heavy atom. The standard InChI is InChI=1S/C12H18N6OS/c1-4-9-7(2)10(17-16-9)11(19)13-5-6-20-12-14-8(3)15-18-12/h4-6H2,1-3H3,(H,13,19)(H,16,17)(H,14,15,18). The van der Waals surface area contributed by atoms with Gasteiger partial charge in [-0.25, -0.2) is 4.98 Å². The fraction of sp³-hybridized carbons (Fsp3) is 0.500. The molecule has 0 unspecified atom stereocenters. The van der Waals surface area contributed by atoms with Gasteiger partial charge in [0, 0.05) is 23.6 Å². The number of thioether (sulfide) groups is 1. The fourth-order valence-electron chi connectivity index (χ4n) is 1.78. The summed E-state index contributed by atoms with van der Waals surface area (Å²) in [4.78, 5) is 16.2. The first-order chi connectivity index (χ1) is 9.61. The molecule has 0 aliphatic heterocycles. The first-order valence-corrected chi connectivity index (χ1v) is 7.44. The molecule has 8 heteroatoms. The van der Waals surface area contributed by atoms with Gasteiger partial charge in [0.25, 0.3) is 5.91 Å². The summed E-state index contributed by atoms with van der Waals surface area (Å²) < 4.78 is 0. The van der Waals surface area contributed by atoms with Crippen LogP contribution in [0.5, 0.6) is 0 Å². The van der Waals surface area contributed by atoms with E-state index in [-0.39, 0.29) is 5.91 Å². The van der Waals surface area contributed by atoms with Crippen LogP contribution < -0.4 is 5.32 Å². The maximum Gasteiger partial charge on any atom is 0.272 e. The molecular formula is C12H18N6OS. The van der Waals surface area contributed by atoms with Crippen LogP contribution >= 0.6 is 11.8 Å². The molecule has 20 heavy (non-hydrogen) atoms. The monoisotopic (exact) mass is 294 g/mol. The number of carbonyl (C=O) groups is 1. The lowest BCUT2D eigenvalue weighted by Gasteiger charge is -2.02. The van der Waals surface area contributed by atoms with E-state index in [1.54, 1.807) is 0 Å². The predicted molar refractivity (Wildman–Crippen MR) is 76.9 cm³/mol.